The first-order valence-corrected chi connectivity index (χ1v) is 7.66. The lowest BCUT2D eigenvalue weighted by Gasteiger charge is -2.10. The van der Waals surface area contributed by atoms with Crippen LogP contribution in [0.4, 0.5) is 0 Å². The molecule has 2 rings (SSSR count). The summed E-state index contributed by atoms with van der Waals surface area (Å²) in [6, 6.07) is 1.60. The average Bonchev–Trinajstić information content (AvgIpc) is 2.78. The molecule has 1 aromatic rings. The van der Waals surface area contributed by atoms with Crippen LogP contribution in [0.15, 0.2) is 10.3 Å². The van der Waals surface area contributed by atoms with Gasteiger partial charge in [-0.1, -0.05) is 11.6 Å². The minimum atomic E-state index is -3.40. The summed E-state index contributed by atoms with van der Waals surface area (Å²) in [5.41, 5.74) is 0.802. The van der Waals surface area contributed by atoms with E-state index in [2.05, 4.69) is 10.0 Å². The van der Waals surface area contributed by atoms with E-state index in [0.717, 1.165) is 29.9 Å². The highest BCUT2D eigenvalue weighted by molar-refractivity contribution is 7.91. The summed E-state index contributed by atoms with van der Waals surface area (Å²) in [5, 5.41) is 3.11. The molecular formula is C9H13ClN2O2S2. The highest BCUT2D eigenvalue weighted by atomic mass is 35.5. The lowest BCUT2D eigenvalue weighted by atomic mass is 10.3. The molecule has 1 aliphatic rings. The van der Waals surface area contributed by atoms with Crippen molar-refractivity contribution in [2.24, 2.45) is 0 Å². The number of nitrogens with one attached hydrogen (secondary N) is 2. The average molecular weight is 281 g/mol. The number of sulfonamides is 1. The second kappa shape index (κ2) is 4.62. The Labute approximate surface area is 104 Å². The zero-order chi connectivity index (χ0) is 11.8. The smallest absolute Gasteiger partial charge is 0.250 e. The van der Waals surface area contributed by atoms with Crippen LogP contribution in [0, 0.1) is 6.92 Å². The molecule has 1 saturated heterocycles. The van der Waals surface area contributed by atoms with E-state index < -0.39 is 10.0 Å². The van der Waals surface area contributed by atoms with Crippen LogP contribution in [-0.2, 0) is 10.0 Å². The molecule has 16 heavy (non-hydrogen) atoms. The summed E-state index contributed by atoms with van der Waals surface area (Å²) >= 11 is 6.97. The topological polar surface area (TPSA) is 58.2 Å². The fourth-order valence-electron chi connectivity index (χ4n) is 1.60. The Kier molecular flexibility index (Phi) is 3.56. The monoisotopic (exact) mass is 280 g/mol. The number of thiophene rings is 1. The minimum absolute atomic E-state index is 0.00817. The molecule has 0 radical (unpaired) electrons. The van der Waals surface area contributed by atoms with Crippen LogP contribution >= 0.6 is 22.9 Å². The largest absolute Gasteiger partial charge is 0.315 e. The Hall–Kier alpha value is -0.140. The van der Waals surface area contributed by atoms with Crippen molar-refractivity contribution in [3.05, 3.63) is 16.0 Å². The quantitative estimate of drug-likeness (QED) is 0.879. The van der Waals surface area contributed by atoms with Crippen molar-refractivity contribution in [3.63, 3.8) is 0 Å². The van der Waals surface area contributed by atoms with E-state index in [9.17, 15) is 8.42 Å². The van der Waals surface area contributed by atoms with Crippen molar-refractivity contribution in [1.82, 2.24) is 10.0 Å². The van der Waals surface area contributed by atoms with Crippen molar-refractivity contribution >= 4 is 33.0 Å². The summed E-state index contributed by atoms with van der Waals surface area (Å²) in [5.74, 6) is 0. The van der Waals surface area contributed by atoms with Gasteiger partial charge in [-0.05, 0) is 31.5 Å². The molecule has 0 spiro atoms. The summed E-state index contributed by atoms with van der Waals surface area (Å²) < 4.78 is 27.4. The van der Waals surface area contributed by atoms with Gasteiger partial charge in [0, 0.05) is 12.6 Å². The lowest BCUT2D eigenvalue weighted by molar-refractivity contribution is 0.562. The van der Waals surface area contributed by atoms with Crippen molar-refractivity contribution in [2.75, 3.05) is 13.1 Å². The predicted molar refractivity (Wildman–Crippen MR) is 65.7 cm³/mol. The maximum Gasteiger partial charge on any atom is 0.250 e. The third kappa shape index (κ3) is 2.57. The number of rotatable bonds is 3. The van der Waals surface area contributed by atoms with Gasteiger partial charge in [-0.15, -0.1) is 11.3 Å². The van der Waals surface area contributed by atoms with E-state index >= 15 is 0 Å². The first-order valence-electron chi connectivity index (χ1n) is 4.98. The highest BCUT2D eigenvalue weighted by Gasteiger charge is 2.24. The summed E-state index contributed by atoms with van der Waals surface area (Å²) in [6.45, 7) is 3.35. The molecule has 4 nitrogen and oxygen atoms in total. The zero-order valence-electron chi connectivity index (χ0n) is 8.79. The number of hydrogen-bond acceptors (Lipinski definition) is 4. The van der Waals surface area contributed by atoms with Gasteiger partial charge in [0.15, 0.2) is 0 Å². The summed E-state index contributed by atoms with van der Waals surface area (Å²) in [4.78, 5) is 0. The second-order valence-corrected chi connectivity index (χ2v) is 7.43. The van der Waals surface area contributed by atoms with Crippen LogP contribution < -0.4 is 10.0 Å². The summed E-state index contributed by atoms with van der Waals surface area (Å²) in [6.07, 6.45) is 0.831. The maximum atomic E-state index is 12.0. The maximum absolute atomic E-state index is 12.0. The van der Waals surface area contributed by atoms with Crippen LogP contribution in [-0.4, -0.2) is 27.5 Å². The Morgan fingerprint density at radius 2 is 2.38 bits per heavy atom. The molecule has 7 heteroatoms. The second-order valence-electron chi connectivity index (χ2n) is 3.83. The first-order chi connectivity index (χ1) is 7.49. The Morgan fingerprint density at radius 1 is 1.62 bits per heavy atom. The molecule has 0 amide bonds. The fourth-order valence-corrected chi connectivity index (χ4v) is 4.59. The van der Waals surface area contributed by atoms with Gasteiger partial charge in [-0.25, -0.2) is 13.1 Å². The van der Waals surface area contributed by atoms with E-state index in [1.807, 2.05) is 0 Å². The molecule has 0 aliphatic carbocycles. The Balaban J connectivity index is 2.18. The number of aryl methyl sites for hydroxylation is 1. The SMILES string of the molecule is Cc1cc(S(=O)(=O)N[C@H]2CCNC2)sc1Cl. The van der Waals surface area contributed by atoms with Gasteiger partial charge in [0.2, 0.25) is 10.0 Å². The van der Waals surface area contributed by atoms with Crippen molar-refractivity contribution < 1.29 is 8.42 Å². The van der Waals surface area contributed by atoms with Gasteiger partial charge in [0.05, 0.1) is 4.34 Å². The Bertz CT molecular complexity index is 458. The lowest BCUT2D eigenvalue weighted by Crippen LogP contribution is -2.35. The van der Waals surface area contributed by atoms with Crippen LogP contribution in [0.1, 0.15) is 12.0 Å². The number of hydrogen-bond donors (Lipinski definition) is 2. The molecule has 2 N–H and O–H groups in total. The molecule has 1 fully saturated rings. The Morgan fingerprint density at radius 3 is 2.88 bits per heavy atom. The molecular weight excluding hydrogens is 268 g/mol. The molecule has 1 atom stereocenters. The van der Waals surface area contributed by atoms with Gasteiger partial charge < -0.3 is 5.32 Å². The van der Waals surface area contributed by atoms with Crippen LogP contribution in [0.2, 0.25) is 4.34 Å². The van der Waals surface area contributed by atoms with E-state index in [0.29, 0.717) is 15.1 Å². The molecule has 1 aromatic heterocycles. The first kappa shape index (κ1) is 12.3. The van der Waals surface area contributed by atoms with E-state index in [1.165, 1.54) is 0 Å². The van der Waals surface area contributed by atoms with Crippen LogP contribution in [0.5, 0.6) is 0 Å². The van der Waals surface area contributed by atoms with Crippen LogP contribution in [0.25, 0.3) is 0 Å². The van der Waals surface area contributed by atoms with E-state index in [-0.39, 0.29) is 6.04 Å². The molecule has 0 bridgehead atoms. The zero-order valence-corrected chi connectivity index (χ0v) is 11.2. The van der Waals surface area contributed by atoms with Gasteiger partial charge in [0.25, 0.3) is 0 Å². The van der Waals surface area contributed by atoms with Crippen molar-refractivity contribution in [1.29, 1.82) is 0 Å². The van der Waals surface area contributed by atoms with Gasteiger partial charge in [0.1, 0.15) is 4.21 Å². The third-order valence-electron chi connectivity index (χ3n) is 2.48. The summed E-state index contributed by atoms with van der Waals surface area (Å²) in [7, 11) is -3.40. The van der Waals surface area contributed by atoms with Crippen LogP contribution in [0.3, 0.4) is 0 Å². The standard InChI is InChI=1S/C9H13ClN2O2S2/c1-6-4-8(15-9(6)10)16(13,14)12-7-2-3-11-5-7/h4,7,11-12H,2-3,5H2,1H3/t7-/m0/s1. The molecule has 0 aromatic carbocycles. The fraction of sp³-hybridized carbons (Fsp3) is 0.556. The van der Waals surface area contributed by atoms with Gasteiger partial charge in [-0.3, -0.25) is 0 Å². The number of halogens is 1. The third-order valence-corrected chi connectivity index (χ3v) is 6.03. The van der Waals surface area contributed by atoms with Crippen molar-refractivity contribution in [3.8, 4) is 0 Å². The predicted octanol–water partition coefficient (Wildman–Crippen LogP) is 1.35. The minimum Gasteiger partial charge on any atom is -0.315 e. The molecule has 2 heterocycles. The van der Waals surface area contributed by atoms with Gasteiger partial charge >= 0.3 is 0 Å². The van der Waals surface area contributed by atoms with Gasteiger partial charge in [-0.2, -0.15) is 0 Å². The molecule has 90 valence electrons. The van der Waals surface area contributed by atoms with E-state index in [4.69, 9.17) is 11.6 Å². The molecule has 1 aliphatic heterocycles. The normalized spacial score (nSPS) is 21.5. The highest BCUT2D eigenvalue weighted by Crippen LogP contribution is 2.30. The van der Waals surface area contributed by atoms with Crippen molar-refractivity contribution in [2.45, 2.75) is 23.6 Å². The van der Waals surface area contributed by atoms with E-state index in [1.54, 1.807) is 13.0 Å². The molecule has 0 saturated carbocycles. The molecule has 0 unspecified atom stereocenters.